The number of carbonyl (C=O) groups is 2. The molecule has 1 aliphatic heterocycles. The zero-order valence-corrected chi connectivity index (χ0v) is 23.4. The third kappa shape index (κ3) is 5.35. The molecule has 194 valence electrons. The zero-order valence-electron chi connectivity index (χ0n) is 20.2. The summed E-state index contributed by atoms with van der Waals surface area (Å²) in [5, 5.41) is 22.2. The van der Waals surface area contributed by atoms with Crippen molar-refractivity contribution in [2.45, 2.75) is 29.5 Å². The van der Waals surface area contributed by atoms with E-state index in [0.29, 0.717) is 37.9 Å². The van der Waals surface area contributed by atoms with E-state index in [-0.39, 0.29) is 10.7 Å². The first-order valence-corrected chi connectivity index (χ1v) is 14.8. The molecule has 0 saturated carbocycles. The van der Waals surface area contributed by atoms with Crippen molar-refractivity contribution in [2.75, 3.05) is 11.5 Å². The lowest BCUT2D eigenvalue weighted by atomic mass is 9.95. The first-order chi connectivity index (χ1) is 18.5. The van der Waals surface area contributed by atoms with Crippen LogP contribution in [0.4, 0.5) is 5.13 Å². The van der Waals surface area contributed by atoms with Gasteiger partial charge in [-0.15, -0.1) is 21.5 Å². The first-order valence-electron chi connectivity index (χ1n) is 11.7. The second kappa shape index (κ2) is 11.7. The molecule has 0 spiro atoms. The highest BCUT2D eigenvalue weighted by Crippen LogP contribution is 2.44. The van der Waals surface area contributed by atoms with E-state index in [1.54, 1.807) is 41.8 Å². The van der Waals surface area contributed by atoms with E-state index in [9.17, 15) is 14.7 Å². The van der Waals surface area contributed by atoms with Gasteiger partial charge in [0.1, 0.15) is 5.75 Å². The summed E-state index contributed by atoms with van der Waals surface area (Å²) < 4.78 is 6.33. The number of thioether (sulfide) groups is 1. The second-order valence-corrected chi connectivity index (χ2v) is 11.8. The van der Waals surface area contributed by atoms with Gasteiger partial charge in [-0.25, -0.2) is 0 Å². The van der Waals surface area contributed by atoms with Crippen molar-refractivity contribution in [1.82, 2.24) is 10.2 Å². The molecule has 38 heavy (non-hydrogen) atoms. The molecular weight excluding hydrogens is 562 g/mol. The average Bonchev–Trinajstić information content (AvgIpc) is 3.68. The van der Waals surface area contributed by atoms with Gasteiger partial charge in [-0.1, -0.05) is 78.0 Å². The van der Waals surface area contributed by atoms with Crippen molar-refractivity contribution in [3.8, 4) is 5.75 Å². The normalized spacial score (nSPS) is 15.4. The van der Waals surface area contributed by atoms with E-state index in [1.165, 1.54) is 39.3 Å². The van der Waals surface area contributed by atoms with E-state index in [1.807, 2.05) is 31.2 Å². The maximum atomic E-state index is 13.5. The fourth-order valence-electron chi connectivity index (χ4n) is 3.97. The lowest BCUT2D eigenvalue weighted by Crippen LogP contribution is -2.31. The summed E-state index contributed by atoms with van der Waals surface area (Å²) in [6.45, 7) is 2.60. The van der Waals surface area contributed by atoms with Crippen LogP contribution in [0.3, 0.4) is 0 Å². The minimum atomic E-state index is -0.869. The van der Waals surface area contributed by atoms with E-state index < -0.39 is 23.5 Å². The van der Waals surface area contributed by atoms with Crippen molar-refractivity contribution in [3.05, 3.63) is 98.4 Å². The molecule has 1 unspecified atom stereocenters. The first kappa shape index (κ1) is 26.4. The number of carbonyl (C=O) groups excluding carboxylic acids is 2. The Morgan fingerprint density at radius 3 is 2.63 bits per heavy atom. The Labute approximate surface area is 236 Å². The highest BCUT2D eigenvalue weighted by molar-refractivity contribution is 8.00. The van der Waals surface area contributed by atoms with Crippen LogP contribution in [0.1, 0.15) is 40.2 Å². The number of thiophene rings is 1. The number of hydrogen-bond donors (Lipinski definition) is 1. The second-order valence-electron chi connectivity index (χ2n) is 8.29. The van der Waals surface area contributed by atoms with Gasteiger partial charge in [-0.05, 0) is 47.2 Å². The molecule has 0 radical (unpaired) electrons. The zero-order chi connectivity index (χ0) is 26.6. The van der Waals surface area contributed by atoms with E-state index in [0.717, 1.165) is 12.0 Å². The number of Topliss-reactive ketones (excluding diaryl/α,β-unsaturated/α-hetero) is 1. The number of aliphatic hydroxyl groups is 1. The molecule has 0 saturated heterocycles. The Bertz CT molecular complexity index is 1490. The molecular formula is C27H22ClN3O4S3. The fourth-order valence-corrected chi connectivity index (χ4v) is 6.80. The summed E-state index contributed by atoms with van der Waals surface area (Å²) in [4.78, 5) is 28.6. The number of benzene rings is 2. The molecule has 4 aromatic rings. The van der Waals surface area contributed by atoms with Crippen LogP contribution in [-0.4, -0.2) is 33.6 Å². The van der Waals surface area contributed by atoms with E-state index >= 15 is 0 Å². The summed E-state index contributed by atoms with van der Waals surface area (Å²) in [5.41, 5.74) is 1.62. The molecule has 0 fully saturated rings. The molecule has 1 atom stereocenters. The summed E-state index contributed by atoms with van der Waals surface area (Å²) in [7, 11) is 0. The Morgan fingerprint density at radius 2 is 1.92 bits per heavy atom. The standard InChI is InChI=1S/C27H22ClN3O4S3/c1-2-13-35-18-11-9-16(10-12-18)22-21(23(32)20-8-5-14-36-20)24(33)25(34)31(22)26-29-30-27(38-26)37-15-17-6-3-4-7-19(17)28/h3-12,14,22,33H,2,13,15H2,1H3. The number of nitrogens with zero attached hydrogens (tertiary/aromatic N) is 3. The van der Waals surface area contributed by atoms with Crippen LogP contribution in [0.25, 0.3) is 0 Å². The maximum Gasteiger partial charge on any atom is 0.296 e. The lowest BCUT2D eigenvalue weighted by Gasteiger charge is -2.24. The van der Waals surface area contributed by atoms with Crippen molar-refractivity contribution < 1.29 is 19.4 Å². The van der Waals surface area contributed by atoms with Gasteiger partial charge in [0.05, 0.1) is 23.1 Å². The van der Waals surface area contributed by atoms with Crippen molar-refractivity contribution in [3.63, 3.8) is 0 Å². The van der Waals surface area contributed by atoms with Crippen LogP contribution < -0.4 is 9.64 Å². The topological polar surface area (TPSA) is 92.6 Å². The summed E-state index contributed by atoms with van der Waals surface area (Å²) in [6.07, 6.45) is 0.872. The van der Waals surface area contributed by atoms with Crippen molar-refractivity contribution in [1.29, 1.82) is 0 Å². The predicted molar refractivity (Wildman–Crippen MR) is 152 cm³/mol. The van der Waals surface area contributed by atoms with Gasteiger partial charge in [0.25, 0.3) is 5.91 Å². The highest BCUT2D eigenvalue weighted by Gasteiger charge is 2.46. The largest absolute Gasteiger partial charge is 0.503 e. The third-order valence-corrected chi connectivity index (χ3v) is 9.12. The van der Waals surface area contributed by atoms with Gasteiger partial charge in [-0.3, -0.25) is 14.5 Å². The molecule has 3 heterocycles. The summed E-state index contributed by atoms with van der Waals surface area (Å²) in [5.74, 6) is -0.418. The van der Waals surface area contributed by atoms with Crippen LogP contribution in [-0.2, 0) is 10.5 Å². The molecule has 7 nitrogen and oxygen atoms in total. The molecule has 2 aromatic heterocycles. The minimum absolute atomic E-state index is 0.0140. The third-order valence-electron chi connectivity index (χ3n) is 5.78. The number of anilines is 1. The number of ketones is 1. The van der Waals surface area contributed by atoms with Crippen molar-refractivity contribution in [2.24, 2.45) is 0 Å². The SMILES string of the molecule is CCCOc1ccc(C2C(C(=O)c3cccs3)=C(O)C(=O)N2c2nnc(SCc3ccccc3Cl)s2)cc1. The van der Waals surface area contributed by atoms with E-state index in [4.69, 9.17) is 16.3 Å². The van der Waals surface area contributed by atoms with E-state index in [2.05, 4.69) is 10.2 Å². The summed E-state index contributed by atoms with van der Waals surface area (Å²) >= 11 is 10.2. The van der Waals surface area contributed by atoms with Gasteiger partial charge in [0.15, 0.2) is 10.1 Å². The van der Waals surface area contributed by atoms with Crippen LogP contribution in [0.15, 0.2) is 81.7 Å². The number of aliphatic hydroxyl groups excluding tert-OH is 1. The molecule has 5 rings (SSSR count). The molecule has 1 aliphatic rings. The summed E-state index contributed by atoms with van der Waals surface area (Å²) in [6, 6.07) is 17.3. The van der Waals surface area contributed by atoms with Gasteiger partial charge in [-0.2, -0.15) is 0 Å². The van der Waals surface area contributed by atoms with Crippen LogP contribution >= 0.6 is 46.0 Å². The molecule has 1 amide bonds. The lowest BCUT2D eigenvalue weighted by molar-refractivity contribution is -0.117. The number of aromatic nitrogens is 2. The Balaban J connectivity index is 1.48. The fraction of sp³-hybridized carbons (Fsp3) is 0.185. The van der Waals surface area contributed by atoms with Crippen molar-refractivity contribution >= 4 is 62.9 Å². The molecule has 11 heteroatoms. The number of rotatable bonds is 10. The number of halogens is 1. The Hall–Kier alpha value is -3.18. The van der Waals surface area contributed by atoms with Gasteiger partial charge in [0, 0.05) is 10.8 Å². The van der Waals surface area contributed by atoms with Crippen LogP contribution in [0, 0.1) is 0 Å². The van der Waals surface area contributed by atoms with Crippen LogP contribution in [0.5, 0.6) is 5.75 Å². The smallest absolute Gasteiger partial charge is 0.296 e. The monoisotopic (exact) mass is 583 g/mol. The minimum Gasteiger partial charge on any atom is -0.503 e. The average molecular weight is 584 g/mol. The molecule has 0 bridgehead atoms. The maximum absolute atomic E-state index is 13.5. The van der Waals surface area contributed by atoms with Crippen LogP contribution in [0.2, 0.25) is 5.02 Å². The molecule has 2 aromatic carbocycles. The Morgan fingerprint density at radius 1 is 1.13 bits per heavy atom. The highest BCUT2D eigenvalue weighted by atomic mass is 35.5. The number of hydrogen-bond acceptors (Lipinski definition) is 9. The predicted octanol–water partition coefficient (Wildman–Crippen LogP) is 7.12. The molecule has 1 N–H and O–H groups in total. The Kier molecular flexibility index (Phi) is 8.13. The van der Waals surface area contributed by atoms with Gasteiger partial charge in [0.2, 0.25) is 10.9 Å². The van der Waals surface area contributed by atoms with Gasteiger partial charge >= 0.3 is 0 Å². The molecule has 0 aliphatic carbocycles. The van der Waals surface area contributed by atoms with Gasteiger partial charge < -0.3 is 9.84 Å². The number of ether oxygens (including phenoxy) is 1. The number of amides is 1. The quantitative estimate of drug-likeness (QED) is 0.121.